The number of carbonyl (C=O) groups excluding carboxylic acids is 1. The van der Waals surface area contributed by atoms with E-state index in [1.807, 2.05) is 55.9 Å². The number of likely N-dealkylation sites (N-methyl/N-ethyl adjacent to an activating group) is 1. The van der Waals surface area contributed by atoms with Gasteiger partial charge in [-0.2, -0.15) is 16.4 Å². The monoisotopic (exact) mass is 406 g/mol. The summed E-state index contributed by atoms with van der Waals surface area (Å²) in [7, 11) is 4.02. The van der Waals surface area contributed by atoms with Crippen molar-refractivity contribution in [3.8, 4) is 17.1 Å². The Morgan fingerprint density at radius 2 is 2.03 bits per heavy atom. The van der Waals surface area contributed by atoms with Crippen LogP contribution in [0.1, 0.15) is 22.1 Å². The zero-order valence-corrected chi connectivity index (χ0v) is 17.1. The maximum absolute atomic E-state index is 13.1. The second kappa shape index (κ2) is 8.46. The molecule has 0 saturated carbocycles. The van der Waals surface area contributed by atoms with E-state index in [0.717, 1.165) is 5.69 Å². The van der Waals surface area contributed by atoms with E-state index in [1.165, 1.54) is 5.56 Å². The number of carbonyl (C=O) groups is 1. The zero-order chi connectivity index (χ0) is 20.2. The van der Waals surface area contributed by atoms with E-state index in [-0.39, 0.29) is 11.9 Å². The highest BCUT2D eigenvalue weighted by Crippen LogP contribution is 2.23. The fraction of sp³-hybridized carbons (Fsp3) is 0.182. The third kappa shape index (κ3) is 4.16. The number of para-hydroxylation sites is 1. The number of amides is 1. The lowest BCUT2D eigenvalue weighted by Gasteiger charge is -2.24. The van der Waals surface area contributed by atoms with Crippen molar-refractivity contribution in [2.45, 2.75) is 6.04 Å². The van der Waals surface area contributed by atoms with Gasteiger partial charge >= 0.3 is 0 Å². The van der Waals surface area contributed by atoms with Crippen LogP contribution in [0.4, 0.5) is 0 Å². The summed E-state index contributed by atoms with van der Waals surface area (Å²) >= 11 is 1.65. The third-order valence-electron chi connectivity index (χ3n) is 4.72. The van der Waals surface area contributed by atoms with Crippen LogP contribution in [0.3, 0.4) is 0 Å². The SMILES string of the molecule is CN(C)[C@H](CNC(=O)c1cc(-c2ccco2)nn1-c1ccccc1)c1ccsc1. The van der Waals surface area contributed by atoms with Gasteiger partial charge in [0, 0.05) is 12.6 Å². The highest BCUT2D eigenvalue weighted by atomic mass is 32.1. The minimum absolute atomic E-state index is 0.0999. The number of hydrogen-bond acceptors (Lipinski definition) is 5. The predicted molar refractivity (Wildman–Crippen MR) is 114 cm³/mol. The van der Waals surface area contributed by atoms with Crippen LogP contribution in [0.2, 0.25) is 0 Å². The van der Waals surface area contributed by atoms with Gasteiger partial charge in [-0.05, 0) is 60.8 Å². The van der Waals surface area contributed by atoms with Crippen LogP contribution in [0.5, 0.6) is 0 Å². The lowest BCUT2D eigenvalue weighted by atomic mass is 10.1. The molecule has 0 fully saturated rings. The molecule has 0 aliphatic carbocycles. The minimum Gasteiger partial charge on any atom is -0.463 e. The lowest BCUT2D eigenvalue weighted by Crippen LogP contribution is -2.35. The van der Waals surface area contributed by atoms with E-state index in [2.05, 4.69) is 26.8 Å². The van der Waals surface area contributed by atoms with Crippen molar-refractivity contribution in [2.24, 2.45) is 0 Å². The summed E-state index contributed by atoms with van der Waals surface area (Å²) in [6, 6.07) is 17.2. The summed E-state index contributed by atoms with van der Waals surface area (Å²) in [5.41, 5.74) is 3.09. The molecule has 3 heterocycles. The second-order valence-electron chi connectivity index (χ2n) is 6.89. The summed E-state index contributed by atoms with van der Waals surface area (Å²) in [6.07, 6.45) is 1.60. The number of nitrogens with zero attached hydrogens (tertiary/aromatic N) is 3. The Hall–Kier alpha value is -3.16. The molecule has 4 aromatic rings. The molecule has 1 amide bonds. The Balaban J connectivity index is 1.62. The van der Waals surface area contributed by atoms with Crippen LogP contribution in [0.15, 0.2) is 76.0 Å². The third-order valence-corrected chi connectivity index (χ3v) is 5.43. The van der Waals surface area contributed by atoms with Crippen LogP contribution in [-0.2, 0) is 0 Å². The fourth-order valence-corrected chi connectivity index (χ4v) is 3.90. The molecule has 6 nitrogen and oxygen atoms in total. The Morgan fingerprint density at radius 3 is 2.69 bits per heavy atom. The molecule has 0 spiro atoms. The van der Waals surface area contributed by atoms with Crippen molar-refractivity contribution in [3.63, 3.8) is 0 Å². The second-order valence-corrected chi connectivity index (χ2v) is 7.67. The average Bonchev–Trinajstić information content (AvgIpc) is 3.49. The molecule has 1 atom stereocenters. The van der Waals surface area contributed by atoms with E-state index in [4.69, 9.17) is 4.42 Å². The first-order valence-electron chi connectivity index (χ1n) is 9.29. The zero-order valence-electron chi connectivity index (χ0n) is 16.3. The first-order valence-corrected chi connectivity index (χ1v) is 10.2. The summed E-state index contributed by atoms with van der Waals surface area (Å²) < 4.78 is 7.12. The molecule has 29 heavy (non-hydrogen) atoms. The molecule has 0 aliphatic rings. The van der Waals surface area contributed by atoms with E-state index >= 15 is 0 Å². The Bertz CT molecular complexity index is 1050. The number of aromatic nitrogens is 2. The van der Waals surface area contributed by atoms with E-state index in [9.17, 15) is 4.79 Å². The molecule has 0 aliphatic heterocycles. The van der Waals surface area contributed by atoms with Crippen molar-refractivity contribution in [2.75, 3.05) is 20.6 Å². The van der Waals surface area contributed by atoms with Gasteiger partial charge in [-0.15, -0.1) is 0 Å². The predicted octanol–water partition coefficient (Wildman–Crippen LogP) is 4.23. The lowest BCUT2D eigenvalue weighted by molar-refractivity contribution is 0.0934. The molecule has 3 aromatic heterocycles. The Labute approximate surface area is 173 Å². The molecule has 0 bridgehead atoms. The van der Waals surface area contributed by atoms with Gasteiger partial charge in [-0.25, -0.2) is 4.68 Å². The summed E-state index contributed by atoms with van der Waals surface area (Å²) in [5, 5.41) is 11.8. The van der Waals surface area contributed by atoms with Crippen molar-refractivity contribution >= 4 is 17.2 Å². The fourth-order valence-electron chi connectivity index (χ4n) is 3.20. The first kappa shape index (κ1) is 19.2. The normalized spacial score (nSPS) is 12.2. The van der Waals surface area contributed by atoms with Crippen LogP contribution >= 0.6 is 11.3 Å². The number of thiophene rings is 1. The van der Waals surface area contributed by atoms with E-state index in [0.29, 0.717) is 23.7 Å². The van der Waals surface area contributed by atoms with Gasteiger partial charge in [0.15, 0.2) is 5.76 Å². The topological polar surface area (TPSA) is 63.3 Å². The first-order chi connectivity index (χ1) is 14.1. The van der Waals surface area contributed by atoms with Gasteiger partial charge in [-0.3, -0.25) is 4.79 Å². The number of rotatable bonds is 7. The van der Waals surface area contributed by atoms with Gasteiger partial charge in [0.05, 0.1) is 18.0 Å². The number of benzene rings is 1. The molecule has 4 rings (SSSR count). The minimum atomic E-state index is -0.179. The standard InChI is InChI=1S/C22H22N4O2S/c1-25(2)20(16-10-12-29-15-16)14-23-22(27)19-13-18(21-9-6-11-28-21)24-26(19)17-7-4-3-5-8-17/h3-13,15,20H,14H2,1-2H3,(H,23,27)/t20-/m1/s1. The molecular formula is C22H22N4O2S. The van der Waals surface area contributed by atoms with Crippen molar-refractivity contribution < 1.29 is 9.21 Å². The molecule has 148 valence electrons. The smallest absolute Gasteiger partial charge is 0.270 e. The highest BCUT2D eigenvalue weighted by Gasteiger charge is 2.21. The van der Waals surface area contributed by atoms with Crippen LogP contribution in [-0.4, -0.2) is 41.2 Å². The molecule has 7 heteroatoms. The summed E-state index contributed by atoms with van der Waals surface area (Å²) in [4.78, 5) is 15.2. The quantitative estimate of drug-likeness (QED) is 0.499. The maximum atomic E-state index is 13.1. The van der Waals surface area contributed by atoms with E-state index in [1.54, 1.807) is 34.4 Å². The van der Waals surface area contributed by atoms with Crippen LogP contribution < -0.4 is 5.32 Å². The average molecular weight is 407 g/mol. The number of furan rings is 1. The maximum Gasteiger partial charge on any atom is 0.270 e. The van der Waals surface area contributed by atoms with Gasteiger partial charge in [-0.1, -0.05) is 18.2 Å². The molecular weight excluding hydrogens is 384 g/mol. The summed E-state index contributed by atoms with van der Waals surface area (Å²) in [5.74, 6) is 0.444. The largest absolute Gasteiger partial charge is 0.463 e. The number of nitrogens with one attached hydrogen (secondary N) is 1. The molecule has 0 unspecified atom stereocenters. The van der Waals surface area contributed by atoms with Gasteiger partial charge in [0.1, 0.15) is 11.4 Å². The van der Waals surface area contributed by atoms with Gasteiger partial charge < -0.3 is 14.6 Å². The van der Waals surface area contributed by atoms with Crippen LogP contribution in [0.25, 0.3) is 17.1 Å². The van der Waals surface area contributed by atoms with Gasteiger partial charge in [0.2, 0.25) is 0 Å². The van der Waals surface area contributed by atoms with Crippen molar-refractivity contribution in [1.82, 2.24) is 20.0 Å². The van der Waals surface area contributed by atoms with E-state index < -0.39 is 0 Å². The molecule has 0 saturated heterocycles. The molecule has 0 radical (unpaired) electrons. The van der Waals surface area contributed by atoms with Gasteiger partial charge in [0.25, 0.3) is 5.91 Å². The molecule has 1 N–H and O–H groups in total. The highest BCUT2D eigenvalue weighted by molar-refractivity contribution is 7.07. The molecule has 1 aromatic carbocycles. The van der Waals surface area contributed by atoms with Crippen molar-refractivity contribution in [3.05, 3.63) is 82.9 Å². The number of hydrogen-bond donors (Lipinski definition) is 1. The Morgan fingerprint density at radius 1 is 1.21 bits per heavy atom. The summed E-state index contributed by atoms with van der Waals surface area (Å²) in [6.45, 7) is 0.499. The Kier molecular flexibility index (Phi) is 5.59. The van der Waals surface area contributed by atoms with Crippen LogP contribution in [0, 0.1) is 0 Å². The van der Waals surface area contributed by atoms with Crippen molar-refractivity contribution in [1.29, 1.82) is 0 Å².